The quantitative estimate of drug-likeness (QED) is 0.875. The normalized spacial score (nSPS) is 18.7. The van der Waals surface area contributed by atoms with Crippen LogP contribution >= 0.6 is 0 Å². The molecule has 1 unspecified atom stereocenters. The molecule has 2 heterocycles. The lowest BCUT2D eigenvalue weighted by atomic mass is 10.1. The third-order valence-electron chi connectivity index (χ3n) is 3.54. The second kappa shape index (κ2) is 4.58. The van der Waals surface area contributed by atoms with Gasteiger partial charge in [-0.3, -0.25) is 0 Å². The van der Waals surface area contributed by atoms with Crippen LogP contribution < -0.4 is 0 Å². The van der Waals surface area contributed by atoms with E-state index in [9.17, 15) is 5.11 Å². The number of benzene rings is 1. The summed E-state index contributed by atoms with van der Waals surface area (Å²) in [7, 11) is 0. The molecule has 0 aliphatic carbocycles. The molecular weight excluding hydrogens is 224 g/mol. The molecule has 0 saturated carbocycles. The molecule has 3 nitrogen and oxygen atoms in total. The van der Waals surface area contributed by atoms with Crippen molar-refractivity contribution in [2.24, 2.45) is 0 Å². The Hall–Kier alpha value is -1.61. The fourth-order valence-electron chi connectivity index (χ4n) is 2.47. The van der Waals surface area contributed by atoms with Gasteiger partial charge in [0.1, 0.15) is 5.82 Å². The summed E-state index contributed by atoms with van der Waals surface area (Å²) in [6.45, 7) is 2.98. The van der Waals surface area contributed by atoms with E-state index in [1.165, 1.54) is 11.1 Å². The molecule has 2 aromatic rings. The Bertz CT molecular complexity index is 542. The average Bonchev–Trinajstić information content (AvgIpc) is 2.73. The third kappa shape index (κ3) is 2.31. The number of aliphatic hydroxyl groups is 1. The lowest BCUT2D eigenvalue weighted by molar-refractivity contribution is 0.141. The van der Waals surface area contributed by atoms with E-state index in [1.807, 2.05) is 0 Å². The summed E-state index contributed by atoms with van der Waals surface area (Å²) in [5.41, 5.74) is 3.67. The molecule has 1 N–H and O–H groups in total. The second-order valence-corrected chi connectivity index (χ2v) is 5.15. The van der Waals surface area contributed by atoms with Crippen molar-refractivity contribution in [3.63, 3.8) is 0 Å². The zero-order chi connectivity index (χ0) is 12.5. The molecule has 0 saturated heterocycles. The molecule has 1 atom stereocenters. The number of aryl methyl sites for hydroxylation is 2. The molecule has 18 heavy (non-hydrogen) atoms. The zero-order valence-electron chi connectivity index (χ0n) is 10.6. The first-order valence-corrected chi connectivity index (χ1v) is 6.49. The largest absolute Gasteiger partial charge is 0.393 e. The van der Waals surface area contributed by atoms with Crippen molar-refractivity contribution in [2.45, 2.75) is 38.8 Å². The molecule has 1 aliphatic heterocycles. The highest BCUT2D eigenvalue weighted by atomic mass is 16.3. The molecule has 0 bridgehead atoms. The van der Waals surface area contributed by atoms with Crippen LogP contribution in [0.15, 0.2) is 30.5 Å². The first-order chi connectivity index (χ1) is 8.70. The fourth-order valence-corrected chi connectivity index (χ4v) is 2.47. The van der Waals surface area contributed by atoms with Gasteiger partial charge in [0.2, 0.25) is 0 Å². The van der Waals surface area contributed by atoms with Crippen molar-refractivity contribution in [2.75, 3.05) is 0 Å². The van der Waals surface area contributed by atoms with E-state index in [1.54, 1.807) is 0 Å². The summed E-state index contributed by atoms with van der Waals surface area (Å²) < 4.78 is 2.18. The second-order valence-electron chi connectivity index (χ2n) is 5.15. The van der Waals surface area contributed by atoms with E-state index < -0.39 is 0 Å². The fraction of sp³-hybridized carbons (Fsp3) is 0.400. The van der Waals surface area contributed by atoms with Crippen LogP contribution in [0.2, 0.25) is 0 Å². The van der Waals surface area contributed by atoms with Gasteiger partial charge in [-0.05, 0) is 18.9 Å². The smallest absolute Gasteiger partial charge is 0.111 e. The van der Waals surface area contributed by atoms with Gasteiger partial charge in [-0.15, -0.1) is 0 Å². The van der Waals surface area contributed by atoms with Crippen molar-refractivity contribution in [3.05, 3.63) is 53.1 Å². The first kappa shape index (κ1) is 11.5. The Morgan fingerprint density at radius 2 is 2.11 bits per heavy atom. The lowest BCUT2D eigenvalue weighted by Crippen LogP contribution is -2.22. The van der Waals surface area contributed by atoms with E-state index >= 15 is 0 Å². The monoisotopic (exact) mass is 242 g/mol. The molecule has 3 heteroatoms. The van der Waals surface area contributed by atoms with Gasteiger partial charge in [-0.1, -0.05) is 29.8 Å². The number of aromatic nitrogens is 2. The van der Waals surface area contributed by atoms with E-state index in [0.717, 1.165) is 30.9 Å². The van der Waals surface area contributed by atoms with Gasteiger partial charge in [-0.25, -0.2) is 4.98 Å². The SMILES string of the molecule is Cc1ccc(Cc2cn3c(n2)CC(O)CC3)cc1. The summed E-state index contributed by atoms with van der Waals surface area (Å²) >= 11 is 0. The molecule has 0 radical (unpaired) electrons. The van der Waals surface area contributed by atoms with Crippen molar-refractivity contribution in [1.82, 2.24) is 9.55 Å². The minimum Gasteiger partial charge on any atom is -0.393 e. The average molecular weight is 242 g/mol. The number of rotatable bonds is 2. The molecule has 0 fully saturated rings. The number of fused-ring (bicyclic) bond motifs is 1. The number of aliphatic hydroxyl groups excluding tert-OH is 1. The van der Waals surface area contributed by atoms with Crippen molar-refractivity contribution < 1.29 is 5.11 Å². The van der Waals surface area contributed by atoms with Crippen molar-refractivity contribution >= 4 is 0 Å². The zero-order valence-corrected chi connectivity index (χ0v) is 10.6. The van der Waals surface area contributed by atoms with Gasteiger partial charge in [-0.2, -0.15) is 0 Å². The predicted molar refractivity (Wildman–Crippen MR) is 70.5 cm³/mol. The number of nitrogens with zero attached hydrogens (tertiary/aromatic N) is 2. The summed E-state index contributed by atoms with van der Waals surface area (Å²) in [6, 6.07) is 8.58. The maximum atomic E-state index is 9.63. The van der Waals surface area contributed by atoms with Gasteiger partial charge >= 0.3 is 0 Å². The van der Waals surface area contributed by atoms with E-state index in [0.29, 0.717) is 6.42 Å². The molecule has 94 valence electrons. The maximum Gasteiger partial charge on any atom is 0.111 e. The summed E-state index contributed by atoms with van der Waals surface area (Å²) in [5, 5.41) is 9.63. The first-order valence-electron chi connectivity index (χ1n) is 6.49. The molecule has 1 aromatic heterocycles. The number of hydrogen-bond acceptors (Lipinski definition) is 2. The number of hydrogen-bond donors (Lipinski definition) is 1. The van der Waals surface area contributed by atoms with Crippen LogP contribution in [0.5, 0.6) is 0 Å². The topological polar surface area (TPSA) is 38.0 Å². The highest BCUT2D eigenvalue weighted by Crippen LogP contribution is 2.17. The maximum absolute atomic E-state index is 9.63. The molecule has 0 amide bonds. The molecular formula is C15H18N2O. The van der Waals surface area contributed by atoms with Crippen LogP contribution in [-0.4, -0.2) is 20.8 Å². The highest BCUT2D eigenvalue weighted by Gasteiger charge is 2.18. The molecule has 3 rings (SSSR count). The Kier molecular flexibility index (Phi) is 2.92. The number of imidazole rings is 1. The molecule has 1 aliphatic rings. The van der Waals surface area contributed by atoms with Crippen LogP contribution in [0.4, 0.5) is 0 Å². The van der Waals surface area contributed by atoms with E-state index in [-0.39, 0.29) is 6.10 Å². The van der Waals surface area contributed by atoms with E-state index in [2.05, 4.69) is 46.9 Å². The minimum absolute atomic E-state index is 0.216. The lowest BCUT2D eigenvalue weighted by Gasteiger charge is -2.18. The van der Waals surface area contributed by atoms with Crippen LogP contribution in [0.25, 0.3) is 0 Å². The van der Waals surface area contributed by atoms with E-state index in [4.69, 9.17) is 0 Å². The van der Waals surface area contributed by atoms with Crippen LogP contribution in [0.3, 0.4) is 0 Å². The van der Waals surface area contributed by atoms with Crippen LogP contribution in [0.1, 0.15) is 29.1 Å². The summed E-state index contributed by atoms with van der Waals surface area (Å²) in [4.78, 5) is 4.62. The highest BCUT2D eigenvalue weighted by molar-refractivity contribution is 5.25. The summed E-state index contributed by atoms with van der Waals surface area (Å²) in [5.74, 6) is 1.02. The Labute approximate surface area is 107 Å². The third-order valence-corrected chi connectivity index (χ3v) is 3.54. The van der Waals surface area contributed by atoms with Crippen molar-refractivity contribution in [1.29, 1.82) is 0 Å². The van der Waals surface area contributed by atoms with Gasteiger partial charge in [0.25, 0.3) is 0 Å². The van der Waals surface area contributed by atoms with Crippen molar-refractivity contribution in [3.8, 4) is 0 Å². The van der Waals surface area contributed by atoms with Gasteiger partial charge in [0.15, 0.2) is 0 Å². The van der Waals surface area contributed by atoms with Crippen LogP contribution in [0, 0.1) is 6.92 Å². The summed E-state index contributed by atoms with van der Waals surface area (Å²) in [6.07, 6.45) is 4.31. The van der Waals surface area contributed by atoms with Crippen LogP contribution in [-0.2, 0) is 19.4 Å². The Morgan fingerprint density at radius 1 is 1.33 bits per heavy atom. The minimum atomic E-state index is -0.216. The predicted octanol–water partition coefficient (Wildman–Crippen LogP) is 2.09. The Morgan fingerprint density at radius 3 is 2.89 bits per heavy atom. The standard InChI is InChI=1S/C15H18N2O/c1-11-2-4-12(5-3-11)8-13-10-17-7-6-14(18)9-15(17)16-13/h2-5,10,14,18H,6-9H2,1H3. The molecule has 1 aromatic carbocycles. The van der Waals surface area contributed by atoms with Gasteiger partial charge < -0.3 is 9.67 Å². The van der Waals surface area contributed by atoms with Gasteiger partial charge in [0, 0.05) is 25.6 Å². The Balaban J connectivity index is 1.79. The van der Waals surface area contributed by atoms with Gasteiger partial charge in [0.05, 0.1) is 11.8 Å². The molecule has 0 spiro atoms.